The molecular formula is C11H17N3O3. The van der Waals surface area contributed by atoms with Crippen LogP contribution >= 0.6 is 0 Å². The summed E-state index contributed by atoms with van der Waals surface area (Å²) in [7, 11) is 0. The summed E-state index contributed by atoms with van der Waals surface area (Å²) >= 11 is 0. The summed E-state index contributed by atoms with van der Waals surface area (Å²) in [4.78, 5) is 22.2. The van der Waals surface area contributed by atoms with Gasteiger partial charge in [-0.3, -0.25) is 9.48 Å². The Morgan fingerprint density at radius 3 is 2.59 bits per heavy atom. The van der Waals surface area contributed by atoms with Gasteiger partial charge in [0.15, 0.2) is 0 Å². The molecule has 0 spiro atoms. The van der Waals surface area contributed by atoms with Crippen LogP contribution < -0.4 is 5.32 Å². The first kappa shape index (κ1) is 13.2. The monoisotopic (exact) mass is 239 g/mol. The molecule has 1 aromatic rings. The van der Waals surface area contributed by atoms with Gasteiger partial charge in [-0.2, -0.15) is 5.10 Å². The molecule has 6 nitrogen and oxygen atoms in total. The minimum absolute atomic E-state index is 0.0454. The van der Waals surface area contributed by atoms with Crippen LogP contribution in [0.1, 0.15) is 37.0 Å². The van der Waals surface area contributed by atoms with Crippen LogP contribution in [0.5, 0.6) is 0 Å². The van der Waals surface area contributed by atoms with E-state index in [1.807, 2.05) is 13.8 Å². The molecule has 17 heavy (non-hydrogen) atoms. The van der Waals surface area contributed by atoms with Gasteiger partial charge in [0.2, 0.25) is 5.91 Å². The zero-order chi connectivity index (χ0) is 12.8. The number of aromatic carboxylic acids is 1. The smallest absolute Gasteiger partial charge is 0.338 e. The normalized spacial score (nSPS) is 10.5. The molecule has 0 radical (unpaired) electrons. The number of hydrogen-bond donors (Lipinski definition) is 2. The fourth-order valence-corrected chi connectivity index (χ4v) is 1.47. The zero-order valence-electron chi connectivity index (χ0n) is 10.0. The molecule has 0 saturated heterocycles. The van der Waals surface area contributed by atoms with Gasteiger partial charge in [-0.05, 0) is 12.8 Å². The fourth-order valence-electron chi connectivity index (χ4n) is 1.47. The van der Waals surface area contributed by atoms with Crippen molar-refractivity contribution < 1.29 is 14.7 Å². The number of carbonyl (C=O) groups is 2. The number of hydrogen-bond acceptors (Lipinski definition) is 3. The molecule has 0 aromatic carbocycles. The summed E-state index contributed by atoms with van der Waals surface area (Å²) in [6.45, 7) is 4.06. The highest BCUT2D eigenvalue weighted by Crippen LogP contribution is 1.99. The third-order valence-corrected chi connectivity index (χ3v) is 2.54. The minimum atomic E-state index is -1.04. The van der Waals surface area contributed by atoms with Crippen molar-refractivity contribution in [3.63, 3.8) is 0 Å². The van der Waals surface area contributed by atoms with Gasteiger partial charge in [-0.1, -0.05) is 13.8 Å². The Labute approximate surface area is 99.6 Å². The Kier molecular flexibility index (Phi) is 4.68. The molecule has 1 heterocycles. The number of nitrogens with zero attached hydrogens (tertiary/aromatic N) is 2. The predicted molar refractivity (Wildman–Crippen MR) is 61.7 cm³/mol. The van der Waals surface area contributed by atoms with Crippen molar-refractivity contribution in [2.45, 2.75) is 39.3 Å². The van der Waals surface area contributed by atoms with Crippen LogP contribution in [0, 0.1) is 0 Å². The molecule has 0 aliphatic heterocycles. The summed E-state index contributed by atoms with van der Waals surface area (Å²) < 4.78 is 1.32. The third kappa shape index (κ3) is 3.90. The van der Waals surface area contributed by atoms with E-state index in [-0.39, 0.29) is 24.1 Å². The second kappa shape index (κ2) is 6.03. The lowest BCUT2D eigenvalue weighted by atomic mass is 10.2. The van der Waals surface area contributed by atoms with Crippen LogP contribution in [0.2, 0.25) is 0 Å². The topological polar surface area (TPSA) is 84.2 Å². The first-order valence-electron chi connectivity index (χ1n) is 5.61. The van der Waals surface area contributed by atoms with Gasteiger partial charge in [0, 0.05) is 12.2 Å². The third-order valence-electron chi connectivity index (χ3n) is 2.54. The van der Waals surface area contributed by atoms with Crippen LogP contribution in [0.3, 0.4) is 0 Å². The summed E-state index contributed by atoms with van der Waals surface area (Å²) in [5, 5.41) is 15.4. The van der Waals surface area contributed by atoms with Crippen molar-refractivity contribution in [1.82, 2.24) is 15.1 Å². The van der Waals surface area contributed by atoms with Gasteiger partial charge < -0.3 is 10.4 Å². The van der Waals surface area contributed by atoms with E-state index in [0.29, 0.717) is 0 Å². The first-order valence-corrected chi connectivity index (χ1v) is 5.61. The van der Waals surface area contributed by atoms with Crippen molar-refractivity contribution in [2.24, 2.45) is 0 Å². The van der Waals surface area contributed by atoms with E-state index in [0.717, 1.165) is 12.8 Å². The van der Waals surface area contributed by atoms with E-state index in [1.54, 1.807) is 0 Å². The Balaban J connectivity index is 2.52. The van der Waals surface area contributed by atoms with Crippen LogP contribution in [0.15, 0.2) is 12.4 Å². The van der Waals surface area contributed by atoms with Gasteiger partial charge >= 0.3 is 5.97 Å². The van der Waals surface area contributed by atoms with Crippen molar-refractivity contribution in [3.05, 3.63) is 18.0 Å². The van der Waals surface area contributed by atoms with E-state index < -0.39 is 5.97 Å². The van der Waals surface area contributed by atoms with Gasteiger partial charge in [0.05, 0.1) is 11.8 Å². The number of amides is 1. The van der Waals surface area contributed by atoms with E-state index >= 15 is 0 Å². The van der Waals surface area contributed by atoms with Crippen molar-refractivity contribution in [2.75, 3.05) is 0 Å². The maximum Gasteiger partial charge on any atom is 0.338 e. The molecule has 1 aromatic heterocycles. The van der Waals surface area contributed by atoms with Crippen molar-refractivity contribution in [3.8, 4) is 0 Å². The van der Waals surface area contributed by atoms with Gasteiger partial charge in [-0.15, -0.1) is 0 Å². The Bertz CT molecular complexity index is 396. The molecule has 1 rings (SSSR count). The van der Waals surface area contributed by atoms with Gasteiger partial charge in [0.25, 0.3) is 0 Å². The van der Waals surface area contributed by atoms with Gasteiger partial charge in [-0.25, -0.2) is 4.79 Å². The van der Waals surface area contributed by atoms with E-state index in [9.17, 15) is 9.59 Å². The van der Waals surface area contributed by atoms with Gasteiger partial charge in [0.1, 0.15) is 6.54 Å². The quantitative estimate of drug-likeness (QED) is 0.772. The molecule has 6 heteroatoms. The average molecular weight is 239 g/mol. The molecule has 0 bridgehead atoms. The summed E-state index contributed by atoms with van der Waals surface area (Å²) in [6, 6.07) is 0.164. The number of aromatic nitrogens is 2. The first-order chi connectivity index (χ1) is 8.06. The standard InChI is InChI=1S/C11H17N3O3/c1-3-9(4-2)13-10(15)7-14-6-8(5-12-14)11(16)17/h5-6,9H,3-4,7H2,1-2H3,(H,13,15)(H,16,17). The molecule has 1 amide bonds. The molecule has 0 fully saturated rings. The molecule has 2 N–H and O–H groups in total. The van der Waals surface area contributed by atoms with E-state index in [4.69, 9.17) is 5.11 Å². The van der Waals surface area contributed by atoms with Crippen LogP contribution in [0.4, 0.5) is 0 Å². The summed E-state index contributed by atoms with van der Waals surface area (Å²) in [5.74, 6) is -1.20. The lowest BCUT2D eigenvalue weighted by molar-refractivity contribution is -0.122. The van der Waals surface area contributed by atoms with Crippen molar-refractivity contribution >= 4 is 11.9 Å². The van der Waals surface area contributed by atoms with E-state index in [2.05, 4.69) is 10.4 Å². The van der Waals surface area contributed by atoms with E-state index in [1.165, 1.54) is 17.1 Å². The molecule has 0 aliphatic carbocycles. The maximum absolute atomic E-state index is 11.6. The highest BCUT2D eigenvalue weighted by Gasteiger charge is 2.11. The van der Waals surface area contributed by atoms with Crippen molar-refractivity contribution in [1.29, 1.82) is 0 Å². The molecule has 0 saturated carbocycles. The lowest BCUT2D eigenvalue weighted by Gasteiger charge is -2.14. The Morgan fingerprint density at radius 2 is 2.12 bits per heavy atom. The SMILES string of the molecule is CCC(CC)NC(=O)Cn1cc(C(=O)O)cn1. The molecule has 0 unspecified atom stereocenters. The molecule has 0 atom stereocenters. The average Bonchev–Trinajstić information content (AvgIpc) is 2.74. The van der Waals surface area contributed by atoms with Crippen LogP contribution in [-0.2, 0) is 11.3 Å². The largest absolute Gasteiger partial charge is 0.478 e. The molecular weight excluding hydrogens is 222 g/mol. The second-order valence-electron chi connectivity index (χ2n) is 3.81. The molecule has 94 valence electrons. The number of carbonyl (C=O) groups excluding carboxylic acids is 1. The Morgan fingerprint density at radius 1 is 1.47 bits per heavy atom. The summed E-state index contributed by atoms with van der Waals surface area (Å²) in [6.07, 6.45) is 4.32. The number of nitrogens with one attached hydrogen (secondary N) is 1. The minimum Gasteiger partial charge on any atom is -0.478 e. The van der Waals surface area contributed by atoms with Crippen LogP contribution in [-0.4, -0.2) is 32.8 Å². The zero-order valence-corrected chi connectivity index (χ0v) is 10.0. The highest BCUT2D eigenvalue weighted by atomic mass is 16.4. The molecule has 0 aliphatic rings. The maximum atomic E-state index is 11.6. The van der Waals surface area contributed by atoms with Crippen LogP contribution in [0.25, 0.3) is 0 Å². The highest BCUT2D eigenvalue weighted by molar-refractivity contribution is 5.87. The number of carboxylic acids is 1. The lowest BCUT2D eigenvalue weighted by Crippen LogP contribution is -2.36. The second-order valence-corrected chi connectivity index (χ2v) is 3.81. The Hall–Kier alpha value is -1.85. The number of rotatable bonds is 6. The summed E-state index contributed by atoms with van der Waals surface area (Å²) in [5.41, 5.74) is 0.0836. The predicted octanol–water partition coefficient (Wildman–Crippen LogP) is 0.886. The number of carboxylic acid groups (broad SMARTS) is 1. The fraction of sp³-hybridized carbons (Fsp3) is 0.545.